The van der Waals surface area contributed by atoms with Crippen molar-refractivity contribution in [2.75, 3.05) is 26.2 Å². The Morgan fingerprint density at radius 1 is 1.30 bits per heavy atom. The zero-order valence-corrected chi connectivity index (χ0v) is 15.3. The summed E-state index contributed by atoms with van der Waals surface area (Å²) in [5, 5.41) is 5.96. The largest absolute Gasteiger partial charge is 0.489 e. The van der Waals surface area contributed by atoms with E-state index in [-0.39, 0.29) is 36.1 Å². The molecule has 0 bridgehead atoms. The fourth-order valence-electron chi connectivity index (χ4n) is 3.27. The average molecular weight is 373 g/mol. The van der Waals surface area contributed by atoms with Gasteiger partial charge in [-0.15, -0.1) is 0 Å². The number of pyridine rings is 1. The number of ether oxygens (including phenoxy) is 1. The van der Waals surface area contributed by atoms with E-state index in [1.54, 1.807) is 35.9 Å². The molecule has 2 heterocycles. The maximum atomic E-state index is 13.5. The summed E-state index contributed by atoms with van der Waals surface area (Å²) < 4.78 is 20.5. The van der Waals surface area contributed by atoms with Gasteiger partial charge in [-0.3, -0.25) is 9.59 Å². The monoisotopic (exact) mass is 373 g/mol. The molecule has 0 spiro atoms. The van der Waals surface area contributed by atoms with Crippen LogP contribution in [0.15, 0.2) is 41.3 Å². The van der Waals surface area contributed by atoms with Crippen molar-refractivity contribution in [1.82, 2.24) is 15.2 Å². The van der Waals surface area contributed by atoms with Gasteiger partial charge in [0.25, 0.3) is 11.5 Å². The van der Waals surface area contributed by atoms with Gasteiger partial charge in [-0.2, -0.15) is 0 Å². The number of rotatable bonds is 6. The highest BCUT2D eigenvalue weighted by Gasteiger charge is 2.21. The van der Waals surface area contributed by atoms with Crippen molar-refractivity contribution in [3.8, 4) is 5.75 Å². The molecule has 1 aliphatic heterocycles. The van der Waals surface area contributed by atoms with Crippen LogP contribution in [0.25, 0.3) is 0 Å². The number of halogens is 1. The van der Waals surface area contributed by atoms with Crippen molar-refractivity contribution in [2.24, 2.45) is 0 Å². The van der Waals surface area contributed by atoms with E-state index in [2.05, 4.69) is 10.6 Å². The minimum atomic E-state index is -0.451. The number of aromatic nitrogens is 1. The van der Waals surface area contributed by atoms with Crippen molar-refractivity contribution >= 4 is 5.91 Å². The molecule has 0 aliphatic carbocycles. The number of benzene rings is 1. The Labute approximate surface area is 157 Å². The van der Waals surface area contributed by atoms with E-state index in [4.69, 9.17) is 4.74 Å². The van der Waals surface area contributed by atoms with Gasteiger partial charge < -0.3 is 19.9 Å². The van der Waals surface area contributed by atoms with Crippen LogP contribution in [0.2, 0.25) is 0 Å². The fourth-order valence-corrected chi connectivity index (χ4v) is 3.27. The molecule has 7 heteroatoms. The summed E-state index contributed by atoms with van der Waals surface area (Å²) in [6, 6.07) is 7.99. The van der Waals surface area contributed by atoms with Gasteiger partial charge in [-0.1, -0.05) is 12.1 Å². The van der Waals surface area contributed by atoms with Crippen LogP contribution >= 0.6 is 0 Å². The predicted molar refractivity (Wildman–Crippen MR) is 101 cm³/mol. The molecule has 1 aliphatic rings. The summed E-state index contributed by atoms with van der Waals surface area (Å²) in [6.07, 6.45) is 3.49. The van der Waals surface area contributed by atoms with Crippen LogP contribution in [-0.4, -0.2) is 36.7 Å². The minimum Gasteiger partial charge on any atom is -0.489 e. The van der Waals surface area contributed by atoms with E-state index in [0.29, 0.717) is 5.56 Å². The van der Waals surface area contributed by atoms with Crippen molar-refractivity contribution in [2.45, 2.75) is 25.8 Å². The second-order valence-corrected chi connectivity index (χ2v) is 6.60. The van der Waals surface area contributed by atoms with E-state index in [1.165, 1.54) is 12.1 Å². The predicted octanol–water partition coefficient (Wildman–Crippen LogP) is 2.03. The molecule has 1 amide bonds. The lowest BCUT2D eigenvalue weighted by atomic mass is 10.0. The van der Waals surface area contributed by atoms with Gasteiger partial charge in [0.2, 0.25) is 0 Å². The Morgan fingerprint density at radius 3 is 2.78 bits per heavy atom. The molecule has 0 radical (unpaired) electrons. The molecule has 144 valence electrons. The van der Waals surface area contributed by atoms with Gasteiger partial charge in [-0.25, -0.2) is 4.39 Å². The number of amides is 1. The Balaban J connectivity index is 1.64. The summed E-state index contributed by atoms with van der Waals surface area (Å²) in [7, 11) is 0. The van der Waals surface area contributed by atoms with Crippen molar-refractivity contribution < 1.29 is 13.9 Å². The first kappa shape index (κ1) is 19.1. The Hall–Kier alpha value is -2.67. The summed E-state index contributed by atoms with van der Waals surface area (Å²) in [5.74, 6) is -0.749. The normalized spacial score (nSPS) is 14.7. The number of hydrogen-bond acceptors (Lipinski definition) is 4. The van der Waals surface area contributed by atoms with Gasteiger partial charge in [0.05, 0.1) is 6.54 Å². The lowest BCUT2D eigenvalue weighted by molar-refractivity contribution is 0.0943. The number of piperidine rings is 1. The molecule has 1 aromatic carbocycles. The summed E-state index contributed by atoms with van der Waals surface area (Å²) in [4.78, 5) is 25.4. The van der Waals surface area contributed by atoms with Crippen LogP contribution in [0, 0.1) is 12.7 Å². The van der Waals surface area contributed by atoms with Gasteiger partial charge in [0.15, 0.2) is 11.6 Å². The molecule has 0 saturated carbocycles. The highest BCUT2D eigenvalue weighted by Crippen LogP contribution is 2.17. The zero-order chi connectivity index (χ0) is 19.2. The Bertz CT molecular complexity index is 860. The van der Waals surface area contributed by atoms with E-state index >= 15 is 0 Å². The van der Waals surface area contributed by atoms with E-state index in [9.17, 15) is 14.0 Å². The van der Waals surface area contributed by atoms with Gasteiger partial charge >= 0.3 is 0 Å². The molecule has 1 aromatic heterocycles. The van der Waals surface area contributed by atoms with Crippen LogP contribution in [0.3, 0.4) is 0 Å². The lowest BCUT2D eigenvalue weighted by Gasteiger charge is -2.25. The molecular weight excluding hydrogens is 349 g/mol. The second-order valence-electron chi connectivity index (χ2n) is 6.60. The standard InChI is InChI=1S/C20H24FN3O3/c1-14-8-12-24(15-6-9-22-10-7-15)20(26)18(14)19(25)23-11-13-27-17-5-3-2-4-16(17)21/h2-5,8,12,15,22H,6-7,9-11,13H2,1H3,(H,23,25). The third kappa shape index (κ3) is 4.54. The molecule has 3 rings (SSSR count). The van der Waals surface area contributed by atoms with Crippen molar-refractivity contribution in [1.29, 1.82) is 0 Å². The SMILES string of the molecule is Cc1ccn(C2CCNCC2)c(=O)c1C(=O)NCCOc1ccccc1F. The molecule has 27 heavy (non-hydrogen) atoms. The van der Waals surface area contributed by atoms with Crippen molar-refractivity contribution in [3.05, 3.63) is 63.8 Å². The van der Waals surface area contributed by atoms with E-state index < -0.39 is 11.7 Å². The third-order valence-electron chi connectivity index (χ3n) is 4.74. The maximum absolute atomic E-state index is 13.5. The fraction of sp³-hybridized carbons (Fsp3) is 0.400. The molecule has 1 saturated heterocycles. The Kier molecular flexibility index (Phi) is 6.24. The Morgan fingerprint density at radius 2 is 2.04 bits per heavy atom. The highest BCUT2D eigenvalue weighted by molar-refractivity contribution is 5.95. The molecule has 2 aromatic rings. The van der Waals surface area contributed by atoms with E-state index in [0.717, 1.165) is 25.9 Å². The average Bonchev–Trinajstić information content (AvgIpc) is 2.67. The van der Waals surface area contributed by atoms with Crippen LogP contribution in [0.4, 0.5) is 4.39 Å². The molecular formula is C20H24FN3O3. The van der Waals surface area contributed by atoms with Crippen LogP contribution in [0.5, 0.6) is 5.75 Å². The van der Waals surface area contributed by atoms with Crippen LogP contribution < -0.4 is 20.9 Å². The summed E-state index contributed by atoms with van der Waals surface area (Å²) in [5.41, 5.74) is 0.522. The lowest BCUT2D eigenvalue weighted by Crippen LogP contribution is -2.39. The zero-order valence-electron chi connectivity index (χ0n) is 15.3. The van der Waals surface area contributed by atoms with Crippen LogP contribution in [-0.2, 0) is 0 Å². The first-order valence-corrected chi connectivity index (χ1v) is 9.16. The highest BCUT2D eigenvalue weighted by atomic mass is 19.1. The number of para-hydroxylation sites is 1. The molecule has 0 unspecified atom stereocenters. The topological polar surface area (TPSA) is 72.4 Å². The first-order valence-electron chi connectivity index (χ1n) is 9.16. The smallest absolute Gasteiger partial charge is 0.263 e. The van der Waals surface area contributed by atoms with Crippen molar-refractivity contribution in [3.63, 3.8) is 0 Å². The first-order chi connectivity index (χ1) is 13.1. The summed E-state index contributed by atoms with van der Waals surface area (Å²) >= 11 is 0. The number of carbonyl (C=O) groups excluding carboxylic acids is 1. The quantitative estimate of drug-likeness (QED) is 0.760. The molecule has 6 nitrogen and oxygen atoms in total. The maximum Gasteiger partial charge on any atom is 0.263 e. The molecule has 1 fully saturated rings. The summed E-state index contributed by atoms with van der Waals surface area (Å²) in [6.45, 7) is 3.76. The van der Waals surface area contributed by atoms with Gasteiger partial charge in [0, 0.05) is 12.2 Å². The van der Waals surface area contributed by atoms with Gasteiger partial charge in [0.1, 0.15) is 12.2 Å². The third-order valence-corrected chi connectivity index (χ3v) is 4.74. The molecule has 0 atom stereocenters. The van der Waals surface area contributed by atoms with E-state index in [1.807, 2.05) is 0 Å². The number of nitrogens with zero attached hydrogens (tertiary/aromatic N) is 1. The number of hydrogen-bond donors (Lipinski definition) is 2. The number of nitrogens with one attached hydrogen (secondary N) is 2. The number of aryl methyl sites for hydroxylation is 1. The number of carbonyl (C=O) groups is 1. The van der Waals surface area contributed by atoms with Gasteiger partial charge in [-0.05, 0) is 56.6 Å². The van der Waals surface area contributed by atoms with Crippen LogP contribution in [0.1, 0.15) is 34.8 Å². The second kappa shape index (κ2) is 8.81. The molecule has 2 N–H and O–H groups in total. The minimum absolute atomic E-state index is 0.107.